The van der Waals surface area contributed by atoms with Crippen LogP contribution in [0.15, 0.2) is 60.7 Å². The second-order valence-corrected chi connectivity index (χ2v) is 6.49. The maximum absolute atomic E-state index is 12.9. The summed E-state index contributed by atoms with van der Waals surface area (Å²) in [5, 5.41) is 0.563. The SMILES string of the molecule is Nc1cccc2c1C(=S)c1cc(Cl)c(-c3ccccc3)cc1C2=O. The number of hydrogen-bond acceptors (Lipinski definition) is 3. The average Bonchev–Trinajstić information content (AvgIpc) is 2.60. The van der Waals surface area contributed by atoms with Crippen LogP contribution in [0.3, 0.4) is 0 Å². The van der Waals surface area contributed by atoms with Crippen LogP contribution in [0.25, 0.3) is 11.1 Å². The molecule has 116 valence electrons. The largest absolute Gasteiger partial charge is 0.398 e. The number of rotatable bonds is 1. The lowest BCUT2D eigenvalue weighted by Gasteiger charge is -2.22. The molecule has 0 spiro atoms. The minimum Gasteiger partial charge on any atom is -0.398 e. The Bertz CT molecular complexity index is 1010. The Morgan fingerprint density at radius 3 is 2.33 bits per heavy atom. The summed E-state index contributed by atoms with van der Waals surface area (Å²) in [7, 11) is 0. The van der Waals surface area contributed by atoms with E-state index in [4.69, 9.17) is 29.6 Å². The van der Waals surface area contributed by atoms with Crippen molar-refractivity contribution in [1.29, 1.82) is 0 Å². The number of anilines is 1. The van der Waals surface area contributed by atoms with Gasteiger partial charge in [0.2, 0.25) is 0 Å². The van der Waals surface area contributed by atoms with Crippen molar-refractivity contribution in [2.45, 2.75) is 0 Å². The number of nitrogen functional groups attached to an aromatic ring is 1. The van der Waals surface area contributed by atoms with Gasteiger partial charge < -0.3 is 5.73 Å². The normalized spacial score (nSPS) is 12.7. The van der Waals surface area contributed by atoms with E-state index in [1.54, 1.807) is 24.3 Å². The first kappa shape index (κ1) is 15.1. The van der Waals surface area contributed by atoms with Crippen molar-refractivity contribution in [3.63, 3.8) is 0 Å². The van der Waals surface area contributed by atoms with Crippen LogP contribution in [0.5, 0.6) is 0 Å². The second kappa shape index (κ2) is 5.55. The highest BCUT2D eigenvalue weighted by atomic mass is 35.5. The summed E-state index contributed by atoms with van der Waals surface area (Å²) in [5.41, 5.74) is 10.8. The molecule has 0 atom stereocenters. The van der Waals surface area contributed by atoms with Crippen molar-refractivity contribution in [1.82, 2.24) is 0 Å². The maximum atomic E-state index is 12.9. The Kier molecular flexibility index (Phi) is 3.48. The van der Waals surface area contributed by atoms with Gasteiger partial charge in [-0.1, -0.05) is 66.3 Å². The second-order valence-electron chi connectivity index (χ2n) is 5.67. The molecule has 0 saturated heterocycles. The molecule has 4 rings (SSSR count). The molecule has 0 aromatic heterocycles. The lowest BCUT2D eigenvalue weighted by Crippen LogP contribution is -2.21. The number of ketones is 1. The summed E-state index contributed by atoms with van der Waals surface area (Å²) in [4.78, 5) is 13.5. The molecule has 24 heavy (non-hydrogen) atoms. The third kappa shape index (κ3) is 2.17. The van der Waals surface area contributed by atoms with E-state index in [9.17, 15) is 4.79 Å². The van der Waals surface area contributed by atoms with Gasteiger partial charge in [-0.3, -0.25) is 4.79 Å². The van der Waals surface area contributed by atoms with Crippen LogP contribution in [0.2, 0.25) is 5.02 Å². The molecule has 0 radical (unpaired) electrons. The summed E-state index contributed by atoms with van der Waals surface area (Å²) in [6.07, 6.45) is 0. The van der Waals surface area contributed by atoms with Crippen LogP contribution in [-0.2, 0) is 0 Å². The molecule has 0 saturated carbocycles. The van der Waals surface area contributed by atoms with Gasteiger partial charge in [-0.15, -0.1) is 0 Å². The van der Waals surface area contributed by atoms with E-state index in [0.29, 0.717) is 37.8 Å². The fraction of sp³-hybridized carbons (Fsp3) is 0. The van der Waals surface area contributed by atoms with Crippen molar-refractivity contribution in [3.05, 3.63) is 87.9 Å². The number of carbonyl (C=O) groups excluding carboxylic acids is 1. The summed E-state index contributed by atoms with van der Waals surface area (Å²) in [5.74, 6) is -0.0743. The zero-order valence-corrected chi connectivity index (χ0v) is 14.1. The van der Waals surface area contributed by atoms with Crippen LogP contribution < -0.4 is 5.73 Å². The zero-order chi connectivity index (χ0) is 16.8. The average molecular weight is 350 g/mol. The molecule has 1 aliphatic rings. The maximum Gasteiger partial charge on any atom is 0.194 e. The van der Waals surface area contributed by atoms with Gasteiger partial charge in [-0.25, -0.2) is 0 Å². The van der Waals surface area contributed by atoms with Crippen molar-refractivity contribution in [2.75, 3.05) is 5.73 Å². The van der Waals surface area contributed by atoms with Gasteiger partial charge >= 0.3 is 0 Å². The number of thiocarbonyl (C=S) groups is 1. The van der Waals surface area contributed by atoms with Crippen LogP contribution >= 0.6 is 23.8 Å². The Labute approximate surface area is 149 Å². The third-order valence-electron chi connectivity index (χ3n) is 4.25. The predicted molar refractivity (Wildman–Crippen MR) is 102 cm³/mol. The molecule has 3 aromatic rings. The monoisotopic (exact) mass is 349 g/mol. The van der Waals surface area contributed by atoms with Crippen molar-refractivity contribution < 1.29 is 4.79 Å². The topological polar surface area (TPSA) is 43.1 Å². The van der Waals surface area contributed by atoms with Crippen LogP contribution in [0, 0.1) is 0 Å². The number of carbonyl (C=O) groups is 1. The molecule has 2 nitrogen and oxygen atoms in total. The molecule has 0 aliphatic heterocycles. The molecule has 0 fully saturated rings. The van der Waals surface area contributed by atoms with E-state index in [2.05, 4.69) is 0 Å². The lowest BCUT2D eigenvalue weighted by molar-refractivity contribution is 0.103. The first-order valence-electron chi connectivity index (χ1n) is 7.45. The highest BCUT2D eigenvalue weighted by molar-refractivity contribution is 7.81. The first-order valence-corrected chi connectivity index (χ1v) is 8.23. The molecular weight excluding hydrogens is 338 g/mol. The summed E-state index contributed by atoms with van der Waals surface area (Å²) in [6, 6.07) is 18.6. The molecule has 0 bridgehead atoms. The van der Waals surface area contributed by atoms with E-state index in [1.165, 1.54) is 0 Å². The fourth-order valence-corrected chi connectivity index (χ4v) is 3.75. The number of fused-ring (bicyclic) bond motifs is 2. The Hall–Kier alpha value is -2.49. The van der Waals surface area contributed by atoms with Crippen molar-refractivity contribution >= 4 is 40.2 Å². The minimum atomic E-state index is -0.0743. The Morgan fingerprint density at radius 1 is 0.833 bits per heavy atom. The van der Waals surface area contributed by atoms with Gasteiger partial charge in [0, 0.05) is 38.5 Å². The standard InChI is InChI=1S/C20H12ClNOS/c21-16-10-15-14(9-13(16)11-5-2-1-3-6-11)19(23)12-7-4-8-17(22)18(12)20(15)24/h1-10H,22H2. The molecule has 3 aromatic carbocycles. The first-order chi connectivity index (χ1) is 11.6. The van der Waals surface area contributed by atoms with Gasteiger partial charge in [-0.05, 0) is 23.8 Å². The number of halogens is 1. The minimum absolute atomic E-state index is 0.0743. The smallest absolute Gasteiger partial charge is 0.194 e. The van der Waals surface area contributed by atoms with E-state index >= 15 is 0 Å². The predicted octanol–water partition coefficient (Wildman–Crippen LogP) is 4.90. The van der Waals surface area contributed by atoms with Crippen LogP contribution in [0.1, 0.15) is 27.0 Å². The van der Waals surface area contributed by atoms with Gasteiger partial charge in [0.05, 0.1) is 4.86 Å². The van der Waals surface area contributed by atoms with E-state index in [1.807, 2.05) is 36.4 Å². The molecule has 4 heteroatoms. The van der Waals surface area contributed by atoms with Crippen molar-refractivity contribution in [3.8, 4) is 11.1 Å². The summed E-state index contributed by atoms with van der Waals surface area (Å²) in [6.45, 7) is 0. The van der Waals surface area contributed by atoms with E-state index in [0.717, 1.165) is 11.1 Å². The zero-order valence-electron chi connectivity index (χ0n) is 12.5. The number of benzene rings is 3. The summed E-state index contributed by atoms with van der Waals surface area (Å²) >= 11 is 12.1. The molecule has 0 unspecified atom stereocenters. The quantitative estimate of drug-likeness (QED) is 0.392. The Balaban J connectivity index is 1.97. The van der Waals surface area contributed by atoms with E-state index in [-0.39, 0.29) is 5.78 Å². The molecular formula is C20H12ClNOS. The molecule has 0 amide bonds. The number of hydrogen-bond donors (Lipinski definition) is 1. The van der Waals surface area contributed by atoms with Crippen LogP contribution in [0.4, 0.5) is 5.69 Å². The highest BCUT2D eigenvalue weighted by Gasteiger charge is 2.29. The number of nitrogens with two attached hydrogens (primary N) is 1. The Morgan fingerprint density at radius 2 is 1.58 bits per heavy atom. The third-order valence-corrected chi connectivity index (χ3v) is 4.99. The van der Waals surface area contributed by atoms with E-state index < -0.39 is 0 Å². The van der Waals surface area contributed by atoms with Crippen LogP contribution in [-0.4, -0.2) is 10.6 Å². The van der Waals surface area contributed by atoms with Crippen molar-refractivity contribution in [2.24, 2.45) is 0 Å². The summed E-state index contributed by atoms with van der Waals surface area (Å²) < 4.78 is 0. The fourth-order valence-electron chi connectivity index (χ4n) is 3.08. The van der Waals surface area contributed by atoms with Gasteiger partial charge in [0.15, 0.2) is 5.78 Å². The molecule has 0 heterocycles. The lowest BCUT2D eigenvalue weighted by atomic mass is 9.82. The highest BCUT2D eigenvalue weighted by Crippen LogP contribution is 2.37. The van der Waals surface area contributed by atoms with Gasteiger partial charge in [0.1, 0.15) is 0 Å². The van der Waals surface area contributed by atoms with Gasteiger partial charge in [-0.2, -0.15) is 0 Å². The molecule has 2 N–H and O–H groups in total. The molecule has 1 aliphatic carbocycles. The van der Waals surface area contributed by atoms with Gasteiger partial charge in [0.25, 0.3) is 0 Å².